The third-order valence-electron chi connectivity index (χ3n) is 4.55. The second-order valence-electron chi connectivity index (χ2n) is 6.46. The predicted molar refractivity (Wildman–Crippen MR) is 113 cm³/mol. The largest absolute Gasteiger partial charge is 0.497 e. The van der Waals surface area contributed by atoms with E-state index in [9.17, 15) is 14.4 Å². The topological polar surface area (TPSA) is 123 Å². The number of methoxy groups -OCH3 is 1. The lowest BCUT2D eigenvalue weighted by Gasteiger charge is -2.33. The Morgan fingerprint density at radius 2 is 1.93 bits per heavy atom. The van der Waals surface area contributed by atoms with Crippen LogP contribution in [0, 0.1) is 0 Å². The highest BCUT2D eigenvalue weighted by Gasteiger charge is 2.35. The minimum absolute atomic E-state index is 0.222. The Labute approximate surface area is 177 Å². The molecule has 4 N–H and O–H groups in total. The number of hydrogen-bond acceptors (Lipinski definition) is 7. The zero-order valence-electron chi connectivity index (χ0n) is 16.5. The number of anilines is 2. The van der Waals surface area contributed by atoms with E-state index in [-0.39, 0.29) is 18.5 Å². The maximum absolute atomic E-state index is 13.1. The van der Waals surface area contributed by atoms with Gasteiger partial charge < -0.3 is 20.2 Å². The smallest absolute Gasteiger partial charge is 0.344 e. The molecule has 0 radical (unpaired) electrons. The van der Waals surface area contributed by atoms with Crippen molar-refractivity contribution in [1.82, 2.24) is 5.32 Å². The van der Waals surface area contributed by atoms with Crippen molar-refractivity contribution in [2.45, 2.75) is 16.6 Å². The van der Waals surface area contributed by atoms with Crippen molar-refractivity contribution in [3.8, 4) is 5.75 Å². The Morgan fingerprint density at radius 3 is 2.57 bits per heavy atom. The van der Waals surface area contributed by atoms with Crippen molar-refractivity contribution in [1.29, 1.82) is 0 Å². The fourth-order valence-electron chi connectivity index (χ4n) is 3.03. The zero-order valence-corrected chi connectivity index (χ0v) is 17.3. The fourth-order valence-corrected chi connectivity index (χ4v) is 4.34. The highest BCUT2D eigenvalue weighted by molar-refractivity contribution is 8.01. The first-order valence-corrected chi connectivity index (χ1v) is 9.96. The minimum Gasteiger partial charge on any atom is -0.497 e. The molecule has 158 valence electrons. The lowest BCUT2D eigenvalue weighted by atomic mass is 10.1. The van der Waals surface area contributed by atoms with E-state index in [1.165, 1.54) is 23.7 Å². The van der Waals surface area contributed by atoms with Gasteiger partial charge in [-0.05, 0) is 42.3 Å². The van der Waals surface area contributed by atoms with Crippen molar-refractivity contribution in [3.63, 3.8) is 0 Å². The highest BCUT2D eigenvalue weighted by atomic mass is 32.2. The second-order valence-corrected chi connectivity index (χ2v) is 7.70. The standard InChI is InChI=1S/C20H22N4O5S/c1-22-20(27)23-13-5-8-15-16(10-13)30-17(19(26)24(15)11-18(25)29-21)9-12-3-6-14(28-2)7-4-12/h3-8,10,17H,9,11,21H2,1-2H3,(H2,22,23,27). The molecule has 1 aliphatic rings. The van der Waals surface area contributed by atoms with Crippen LogP contribution in [0.2, 0.25) is 0 Å². The number of rotatable bonds is 6. The summed E-state index contributed by atoms with van der Waals surface area (Å²) in [5, 5.41) is 4.73. The lowest BCUT2D eigenvalue weighted by molar-refractivity contribution is -0.143. The van der Waals surface area contributed by atoms with Gasteiger partial charge in [-0.2, -0.15) is 5.90 Å². The first-order valence-electron chi connectivity index (χ1n) is 9.08. The van der Waals surface area contributed by atoms with E-state index in [2.05, 4.69) is 15.5 Å². The molecule has 0 aliphatic carbocycles. The van der Waals surface area contributed by atoms with Crippen LogP contribution in [0.5, 0.6) is 5.75 Å². The Hall–Kier alpha value is -3.24. The number of nitrogens with zero attached hydrogens (tertiary/aromatic N) is 1. The lowest BCUT2D eigenvalue weighted by Crippen LogP contribution is -2.45. The van der Waals surface area contributed by atoms with Crippen molar-refractivity contribution < 1.29 is 24.0 Å². The molecular formula is C20H22N4O5S. The molecule has 0 spiro atoms. The van der Waals surface area contributed by atoms with Crippen LogP contribution in [-0.2, 0) is 20.8 Å². The van der Waals surface area contributed by atoms with Gasteiger partial charge >= 0.3 is 12.0 Å². The number of benzene rings is 2. The molecule has 1 atom stereocenters. The van der Waals surface area contributed by atoms with E-state index in [1.54, 1.807) is 25.3 Å². The first kappa shape index (κ1) is 21.5. The van der Waals surface area contributed by atoms with Gasteiger partial charge in [0.2, 0.25) is 5.91 Å². The number of amides is 3. The number of ether oxygens (including phenoxy) is 1. The molecule has 3 rings (SSSR count). The van der Waals surface area contributed by atoms with Gasteiger partial charge in [-0.15, -0.1) is 11.8 Å². The van der Waals surface area contributed by atoms with E-state index in [1.807, 2.05) is 24.3 Å². The van der Waals surface area contributed by atoms with Crippen LogP contribution >= 0.6 is 11.8 Å². The molecule has 1 heterocycles. The van der Waals surface area contributed by atoms with Crippen LogP contribution in [0.1, 0.15) is 5.56 Å². The summed E-state index contributed by atoms with van der Waals surface area (Å²) in [7, 11) is 3.11. The third-order valence-corrected chi connectivity index (χ3v) is 5.78. The van der Waals surface area contributed by atoms with Crippen molar-refractivity contribution in [2.24, 2.45) is 5.90 Å². The summed E-state index contributed by atoms with van der Waals surface area (Å²) in [5.41, 5.74) is 2.08. The SMILES string of the molecule is CNC(=O)Nc1ccc2c(c1)SC(Cc1ccc(OC)cc1)C(=O)N2CC(=O)ON. The summed E-state index contributed by atoms with van der Waals surface area (Å²) >= 11 is 1.38. The van der Waals surface area contributed by atoms with Gasteiger partial charge in [0.05, 0.1) is 18.0 Å². The van der Waals surface area contributed by atoms with Crippen LogP contribution in [0.3, 0.4) is 0 Å². The highest BCUT2D eigenvalue weighted by Crippen LogP contribution is 2.41. The minimum atomic E-state index is -0.725. The number of carbonyl (C=O) groups is 3. The zero-order chi connectivity index (χ0) is 21.7. The van der Waals surface area contributed by atoms with E-state index in [0.717, 1.165) is 16.2 Å². The quantitative estimate of drug-likeness (QED) is 0.598. The molecule has 0 aromatic heterocycles. The number of nitrogens with two attached hydrogens (primary N) is 1. The van der Waals surface area contributed by atoms with Crippen LogP contribution < -0.4 is 26.2 Å². The van der Waals surface area contributed by atoms with E-state index < -0.39 is 11.2 Å². The molecular weight excluding hydrogens is 408 g/mol. The van der Waals surface area contributed by atoms with Gasteiger partial charge in [0, 0.05) is 17.6 Å². The molecule has 30 heavy (non-hydrogen) atoms. The molecule has 3 amide bonds. The molecule has 0 saturated heterocycles. The predicted octanol–water partition coefficient (Wildman–Crippen LogP) is 1.91. The Kier molecular flexibility index (Phi) is 6.80. The number of fused-ring (bicyclic) bond motifs is 1. The summed E-state index contributed by atoms with van der Waals surface area (Å²) in [6.07, 6.45) is 0.453. The maximum Gasteiger partial charge on any atom is 0.344 e. The molecule has 1 aliphatic heterocycles. The van der Waals surface area contributed by atoms with Crippen LogP contribution in [-0.4, -0.2) is 43.9 Å². The van der Waals surface area contributed by atoms with E-state index >= 15 is 0 Å². The van der Waals surface area contributed by atoms with Crippen LogP contribution in [0.25, 0.3) is 0 Å². The molecule has 10 heteroatoms. The summed E-state index contributed by atoms with van der Waals surface area (Å²) in [6.45, 7) is -0.301. The molecule has 1 unspecified atom stereocenters. The Balaban J connectivity index is 1.90. The molecule has 0 saturated carbocycles. The molecule has 9 nitrogen and oxygen atoms in total. The van der Waals surface area contributed by atoms with Gasteiger partial charge in [-0.1, -0.05) is 12.1 Å². The summed E-state index contributed by atoms with van der Waals surface area (Å²) in [6, 6.07) is 12.2. The van der Waals surface area contributed by atoms with E-state index in [0.29, 0.717) is 17.8 Å². The fraction of sp³-hybridized carbons (Fsp3) is 0.250. The first-order chi connectivity index (χ1) is 14.4. The second kappa shape index (κ2) is 9.51. The molecule has 2 aromatic carbocycles. The maximum atomic E-state index is 13.1. The molecule has 0 fully saturated rings. The van der Waals surface area contributed by atoms with Crippen LogP contribution in [0.15, 0.2) is 47.4 Å². The Morgan fingerprint density at radius 1 is 1.20 bits per heavy atom. The number of thioether (sulfide) groups is 1. The van der Waals surface area contributed by atoms with Gasteiger partial charge in [0.15, 0.2) is 0 Å². The third kappa shape index (κ3) is 4.84. The van der Waals surface area contributed by atoms with Crippen molar-refractivity contribution in [2.75, 3.05) is 30.9 Å². The summed E-state index contributed by atoms with van der Waals surface area (Å²) < 4.78 is 5.17. The number of carbonyl (C=O) groups excluding carboxylic acids is 3. The van der Waals surface area contributed by atoms with Gasteiger partial charge in [0.1, 0.15) is 12.3 Å². The average molecular weight is 430 g/mol. The average Bonchev–Trinajstić information content (AvgIpc) is 2.76. The summed E-state index contributed by atoms with van der Waals surface area (Å²) in [5.74, 6) is 4.75. The number of urea groups is 1. The van der Waals surface area contributed by atoms with Crippen molar-refractivity contribution in [3.05, 3.63) is 48.0 Å². The summed E-state index contributed by atoms with van der Waals surface area (Å²) in [4.78, 5) is 42.9. The number of hydrogen-bond donors (Lipinski definition) is 3. The number of nitrogens with one attached hydrogen (secondary N) is 2. The molecule has 2 aromatic rings. The molecule has 0 bridgehead atoms. The van der Waals surface area contributed by atoms with Gasteiger partial charge in [0.25, 0.3) is 0 Å². The monoisotopic (exact) mass is 430 g/mol. The Bertz CT molecular complexity index is 951. The van der Waals surface area contributed by atoms with Gasteiger partial charge in [-0.25, -0.2) is 9.59 Å². The van der Waals surface area contributed by atoms with Crippen molar-refractivity contribution >= 4 is 41.0 Å². The van der Waals surface area contributed by atoms with E-state index in [4.69, 9.17) is 10.6 Å². The van der Waals surface area contributed by atoms with Gasteiger partial charge in [-0.3, -0.25) is 9.69 Å². The van der Waals surface area contributed by atoms with Crippen LogP contribution in [0.4, 0.5) is 16.2 Å². The normalized spacial score (nSPS) is 15.2.